The minimum atomic E-state index is -0.948. The largest absolute Gasteiger partial charge is 0.465 e. The lowest BCUT2D eigenvalue weighted by Gasteiger charge is -2.43. The second-order valence-corrected chi connectivity index (χ2v) is 11.2. The van der Waals surface area contributed by atoms with E-state index in [9.17, 15) is 9.59 Å². The number of hydrogen-bond acceptors (Lipinski definition) is 3. The molecule has 2 aliphatic rings. The van der Waals surface area contributed by atoms with E-state index in [2.05, 4.69) is 40.5 Å². The van der Waals surface area contributed by atoms with Crippen LogP contribution < -0.4 is 10.2 Å². The van der Waals surface area contributed by atoms with Gasteiger partial charge in [0.1, 0.15) is 0 Å². The number of carbonyl (C=O) groups excluding carboxylic acids is 1. The van der Waals surface area contributed by atoms with Crippen molar-refractivity contribution in [3.8, 4) is 0 Å². The smallest absolute Gasteiger partial charge is 0.411 e. The molecule has 3 aromatic rings. The monoisotopic (exact) mass is 567 g/mol. The second-order valence-electron chi connectivity index (χ2n) is 10.4. The summed E-state index contributed by atoms with van der Waals surface area (Å²) in [5.41, 5.74) is 2.95. The zero-order valence-corrected chi connectivity index (χ0v) is 23.8. The molecule has 0 spiro atoms. The van der Waals surface area contributed by atoms with Gasteiger partial charge in [-0.1, -0.05) is 77.8 Å². The Morgan fingerprint density at radius 1 is 0.974 bits per heavy atom. The molecule has 2 N–H and O–H groups in total. The highest BCUT2D eigenvalue weighted by Crippen LogP contribution is 2.49. The maximum Gasteiger partial charge on any atom is 0.411 e. The fourth-order valence-electron chi connectivity index (χ4n) is 5.39. The number of para-hydroxylation sites is 1. The molecule has 2 fully saturated rings. The molecule has 2 amide bonds. The lowest BCUT2D eigenvalue weighted by molar-refractivity contribution is -0.121. The van der Waals surface area contributed by atoms with Gasteiger partial charge in [0.2, 0.25) is 5.91 Å². The van der Waals surface area contributed by atoms with Gasteiger partial charge in [-0.15, -0.1) is 0 Å². The molecule has 0 aromatic heterocycles. The van der Waals surface area contributed by atoms with E-state index in [0.717, 1.165) is 32.5 Å². The van der Waals surface area contributed by atoms with Crippen LogP contribution in [0.15, 0.2) is 78.9 Å². The van der Waals surface area contributed by atoms with Crippen molar-refractivity contribution >= 4 is 40.9 Å². The van der Waals surface area contributed by atoms with Gasteiger partial charge in [-0.05, 0) is 66.5 Å². The first-order valence-corrected chi connectivity index (χ1v) is 14.0. The topological polar surface area (TPSA) is 72.9 Å². The Hall–Kier alpha value is -3.06. The van der Waals surface area contributed by atoms with E-state index in [-0.39, 0.29) is 11.4 Å². The third kappa shape index (κ3) is 7.53. The summed E-state index contributed by atoms with van der Waals surface area (Å²) in [5.74, 6) is 1.31. The van der Waals surface area contributed by atoms with E-state index in [1.807, 2.05) is 24.3 Å². The molecule has 0 bridgehead atoms. The summed E-state index contributed by atoms with van der Waals surface area (Å²) >= 11 is 12.2. The lowest BCUT2D eigenvalue weighted by Crippen LogP contribution is -2.52. The number of piperidine rings is 1. The van der Waals surface area contributed by atoms with Crippen LogP contribution in [0.2, 0.25) is 10.0 Å². The lowest BCUT2D eigenvalue weighted by atomic mass is 9.80. The molecule has 206 valence electrons. The van der Waals surface area contributed by atoms with Gasteiger partial charge in [-0.2, -0.15) is 0 Å². The number of likely N-dealkylation sites (tertiary alicyclic amines) is 1. The van der Waals surface area contributed by atoms with Gasteiger partial charge in [0.15, 0.2) is 0 Å². The number of rotatable bonds is 6. The molecule has 6 nitrogen and oxygen atoms in total. The molecule has 2 atom stereocenters. The minimum Gasteiger partial charge on any atom is -0.465 e. The molecule has 3 aromatic carbocycles. The number of benzene rings is 3. The quantitative estimate of drug-likeness (QED) is 0.335. The molecule has 1 saturated heterocycles. The molecule has 0 unspecified atom stereocenters. The maximum absolute atomic E-state index is 11.9. The number of amides is 2. The molecular weight excluding hydrogens is 533 g/mol. The van der Waals surface area contributed by atoms with Crippen LogP contribution in [0.25, 0.3) is 0 Å². The van der Waals surface area contributed by atoms with Gasteiger partial charge in [0.05, 0.1) is 15.6 Å². The number of nitrogens with one attached hydrogen (secondary N) is 1. The molecular formula is C31H35Cl2N3O3. The number of anilines is 1. The van der Waals surface area contributed by atoms with Crippen molar-refractivity contribution in [3.05, 3.63) is 100 Å². The van der Waals surface area contributed by atoms with Gasteiger partial charge in [-0.25, -0.2) is 4.79 Å². The summed E-state index contributed by atoms with van der Waals surface area (Å²) in [6, 6.07) is 25.3. The molecule has 1 aliphatic carbocycles. The minimum absolute atomic E-state index is 0.0409. The van der Waals surface area contributed by atoms with Gasteiger partial charge >= 0.3 is 6.09 Å². The van der Waals surface area contributed by atoms with Crippen molar-refractivity contribution in [2.45, 2.75) is 37.6 Å². The average Bonchev–Trinajstić information content (AvgIpc) is 3.71. The number of halogens is 2. The van der Waals surface area contributed by atoms with Gasteiger partial charge < -0.3 is 15.3 Å². The zero-order valence-electron chi connectivity index (χ0n) is 22.3. The van der Waals surface area contributed by atoms with E-state index >= 15 is 0 Å². The second kappa shape index (κ2) is 12.9. The highest BCUT2D eigenvalue weighted by molar-refractivity contribution is 6.42. The van der Waals surface area contributed by atoms with Crippen molar-refractivity contribution in [3.63, 3.8) is 0 Å². The normalized spacial score (nSPS) is 19.8. The molecule has 1 aliphatic heterocycles. The van der Waals surface area contributed by atoms with E-state index in [0.29, 0.717) is 27.6 Å². The Morgan fingerprint density at radius 2 is 1.59 bits per heavy atom. The van der Waals surface area contributed by atoms with Crippen LogP contribution in [0.4, 0.5) is 10.5 Å². The summed E-state index contributed by atoms with van der Waals surface area (Å²) in [4.78, 5) is 26.0. The molecule has 8 heteroatoms. The highest BCUT2D eigenvalue weighted by Gasteiger charge is 2.42. The third-order valence-corrected chi connectivity index (χ3v) is 8.41. The van der Waals surface area contributed by atoms with Crippen molar-refractivity contribution < 1.29 is 14.7 Å². The standard InChI is InChI=1S/C23H26Cl2N2O.C8H9NO2/c1-16(28)26-23(19-5-3-2-4-6-19)9-11-27(12-10-23)15-18-13-20(18)17-7-8-21(24)22(25)14-17;1-9(8(10)11)7-5-3-2-4-6-7/h2-8,14,18,20H,9-13,15H2,1H3,(H,26,28);2-6H,1H3,(H,10,11)/t18-,20+;/m0./s1. The first kappa shape index (κ1) is 28.9. The molecule has 5 rings (SSSR count). The van der Waals surface area contributed by atoms with Crippen molar-refractivity contribution in [1.29, 1.82) is 0 Å². The molecule has 39 heavy (non-hydrogen) atoms. The fraction of sp³-hybridized carbons (Fsp3) is 0.355. The molecule has 1 heterocycles. The molecule has 0 radical (unpaired) electrons. The predicted octanol–water partition coefficient (Wildman–Crippen LogP) is 7.03. The summed E-state index contributed by atoms with van der Waals surface area (Å²) in [7, 11) is 1.51. The van der Waals surface area contributed by atoms with Crippen LogP contribution in [0, 0.1) is 5.92 Å². The van der Waals surface area contributed by atoms with Crippen LogP contribution in [0.1, 0.15) is 43.2 Å². The molecule has 1 saturated carbocycles. The predicted molar refractivity (Wildman–Crippen MR) is 158 cm³/mol. The zero-order chi connectivity index (χ0) is 28.0. The number of carboxylic acid groups (broad SMARTS) is 1. The first-order valence-electron chi connectivity index (χ1n) is 13.2. The summed E-state index contributed by atoms with van der Waals surface area (Å²) in [5, 5.41) is 13.1. The Morgan fingerprint density at radius 3 is 2.15 bits per heavy atom. The van der Waals surface area contributed by atoms with E-state index in [1.165, 1.54) is 29.5 Å². The van der Waals surface area contributed by atoms with Crippen molar-refractivity contribution in [2.24, 2.45) is 5.92 Å². The van der Waals surface area contributed by atoms with Gasteiger partial charge in [0, 0.05) is 39.3 Å². The van der Waals surface area contributed by atoms with Crippen LogP contribution >= 0.6 is 23.2 Å². The average molecular weight is 569 g/mol. The summed E-state index contributed by atoms with van der Waals surface area (Å²) < 4.78 is 0. The maximum atomic E-state index is 11.9. The van der Waals surface area contributed by atoms with Crippen molar-refractivity contribution in [1.82, 2.24) is 10.2 Å². The Labute approximate surface area is 240 Å². The third-order valence-electron chi connectivity index (χ3n) is 7.67. The Kier molecular flexibility index (Phi) is 9.54. The van der Waals surface area contributed by atoms with E-state index in [4.69, 9.17) is 28.3 Å². The Balaban J connectivity index is 0.000000270. The summed E-state index contributed by atoms with van der Waals surface area (Å²) in [6.45, 7) is 4.72. The van der Waals surface area contributed by atoms with E-state index < -0.39 is 6.09 Å². The van der Waals surface area contributed by atoms with Crippen molar-refractivity contribution in [2.75, 3.05) is 31.6 Å². The first-order chi connectivity index (χ1) is 18.7. The number of nitrogens with zero attached hydrogens (tertiary/aromatic N) is 2. The summed E-state index contributed by atoms with van der Waals surface area (Å²) in [6.07, 6.45) is 2.15. The van der Waals surface area contributed by atoms with E-state index in [1.54, 1.807) is 31.2 Å². The van der Waals surface area contributed by atoms with Crippen LogP contribution in [-0.2, 0) is 10.3 Å². The Bertz CT molecular complexity index is 1260. The van der Waals surface area contributed by atoms with Gasteiger partial charge in [-0.3, -0.25) is 9.69 Å². The van der Waals surface area contributed by atoms with Gasteiger partial charge in [0.25, 0.3) is 0 Å². The highest BCUT2D eigenvalue weighted by atomic mass is 35.5. The number of carbonyl (C=O) groups is 2. The number of hydrogen-bond donors (Lipinski definition) is 2. The van der Waals surface area contributed by atoms with Crippen LogP contribution in [-0.4, -0.2) is 48.7 Å². The SMILES string of the molecule is CC(=O)NC1(c2ccccc2)CCN(C[C@@H]2C[C@@H]2c2ccc(Cl)c(Cl)c2)CC1.CN(C(=O)O)c1ccccc1. The van der Waals surface area contributed by atoms with Crippen LogP contribution in [0.5, 0.6) is 0 Å². The van der Waals surface area contributed by atoms with Crippen LogP contribution in [0.3, 0.4) is 0 Å². The fourth-order valence-corrected chi connectivity index (χ4v) is 5.70.